The van der Waals surface area contributed by atoms with Gasteiger partial charge >= 0.3 is 5.97 Å². The summed E-state index contributed by atoms with van der Waals surface area (Å²) in [5.41, 5.74) is 0.367. The first-order valence-corrected chi connectivity index (χ1v) is 4.84. The lowest BCUT2D eigenvalue weighted by atomic mass is 10.3. The van der Waals surface area contributed by atoms with Gasteiger partial charge in [0, 0.05) is 6.20 Å². The van der Waals surface area contributed by atoms with Crippen molar-refractivity contribution >= 4 is 21.9 Å². The largest absolute Gasteiger partial charge is 0.494 e. The minimum Gasteiger partial charge on any atom is -0.494 e. The summed E-state index contributed by atoms with van der Waals surface area (Å²) in [5, 5.41) is 0. The number of carbonyl (C=O) groups excluding carboxylic acids is 1. The van der Waals surface area contributed by atoms with Crippen molar-refractivity contribution < 1.29 is 14.3 Å². The van der Waals surface area contributed by atoms with E-state index in [0.29, 0.717) is 22.4 Å². The number of carbonyl (C=O) groups is 1. The van der Waals surface area contributed by atoms with E-state index in [9.17, 15) is 4.79 Å². The highest BCUT2D eigenvalue weighted by Crippen LogP contribution is 2.27. The predicted molar refractivity (Wildman–Crippen MR) is 54.4 cm³/mol. The zero-order valence-electron chi connectivity index (χ0n) is 7.91. The van der Waals surface area contributed by atoms with Gasteiger partial charge in [0.05, 0.1) is 29.9 Å². The molecular formula is C9H10BrNO3. The number of ether oxygens (including phenoxy) is 2. The Bertz CT molecular complexity index is 341. The summed E-state index contributed by atoms with van der Waals surface area (Å²) in [6, 6.07) is 0. The molecule has 0 radical (unpaired) electrons. The van der Waals surface area contributed by atoms with E-state index in [2.05, 4.69) is 20.9 Å². The van der Waals surface area contributed by atoms with Crippen LogP contribution >= 0.6 is 15.9 Å². The Labute approximate surface area is 90.4 Å². The Morgan fingerprint density at radius 1 is 1.57 bits per heavy atom. The van der Waals surface area contributed by atoms with E-state index in [0.717, 1.165) is 0 Å². The van der Waals surface area contributed by atoms with Gasteiger partial charge in [0.2, 0.25) is 0 Å². The molecule has 4 nitrogen and oxygen atoms in total. The highest BCUT2D eigenvalue weighted by atomic mass is 79.9. The van der Waals surface area contributed by atoms with Gasteiger partial charge in [-0.1, -0.05) is 0 Å². The van der Waals surface area contributed by atoms with Gasteiger partial charge in [-0.15, -0.1) is 0 Å². The van der Waals surface area contributed by atoms with E-state index < -0.39 is 5.97 Å². The van der Waals surface area contributed by atoms with Crippen molar-refractivity contribution in [3.05, 3.63) is 22.4 Å². The molecule has 0 fully saturated rings. The van der Waals surface area contributed by atoms with E-state index in [1.54, 1.807) is 6.92 Å². The predicted octanol–water partition coefficient (Wildman–Crippen LogP) is 2.03. The molecule has 5 heteroatoms. The smallest absolute Gasteiger partial charge is 0.340 e. The molecule has 0 saturated carbocycles. The molecule has 0 atom stereocenters. The lowest BCUT2D eigenvalue weighted by molar-refractivity contribution is 0.0524. The molecule has 0 spiro atoms. The molecule has 1 heterocycles. The summed E-state index contributed by atoms with van der Waals surface area (Å²) < 4.78 is 10.4. The zero-order valence-corrected chi connectivity index (χ0v) is 9.50. The van der Waals surface area contributed by atoms with Crippen LogP contribution < -0.4 is 4.74 Å². The van der Waals surface area contributed by atoms with Gasteiger partial charge in [-0.05, 0) is 22.9 Å². The number of rotatable bonds is 3. The fourth-order valence-corrected chi connectivity index (χ4v) is 1.45. The van der Waals surface area contributed by atoms with Crippen molar-refractivity contribution in [3.63, 3.8) is 0 Å². The molecule has 0 N–H and O–H groups in total. The van der Waals surface area contributed by atoms with Crippen LogP contribution in [0, 0.1) is 0 Å². The second kappa shape index (κ2) is 4.95. The molecule has 1 aromatic rings. The maximum absolute atomic E-state index is 11.4. The van der Waals surface area contributed by atoms with Gasteiger partial charge in [-0.2, -0.15) is 0 Å². The topological polar surface area (TPSA) is 48.4 Å². The summed E-state index contributed by atoms with van der Waals surface area (Å²) >= 11 is 3.25. The minimum absolute atomic E-state index is 0.336. The minimum atomic E-state index is -0.411. The highest BCUT2D eigenvalue weighted by molar-refractivity contribution is 9.10. The van der Waals surface area contributed by atoms with Crippen LogP contribution in [-0.4, -0.2) is 24.7 Å². The molecule has 1 rings (SSSR count). The van der Waals surface area contributed by atoms with E-state index in [1.807, 2.05) is 0 Å². The number of hydrogen-bond acceptors (Lipinski definition) is 4. The standard InChI is InChI=1S/C9H10BrNO3/c1-3-14-9(12)6-4-11-5-7(13-2)8(6)10/h4-5H,3H2,1-2H3. The third kappa shape index (κ3) is 2.23. The Balaban J connectivity index is 3.03. The maximum atomic E-state index is 11.4. The van der Waals surface area contributed by atoms with Crippen LogP contribution in [0.1, 0.15) is 17.3 Å². The van der Waals surface area contributed by atoms with Crippen LogP contribution in [0.25, 0.3) is 0 Å². The monoisotopic (exact) mass is 259 g/mol. The van der Waals surface area contributed by atoms with Crippen molar-refractivity contribution in [1.29, 1.82) is 0 Å². The molecule has 0 aromatic carbocycles. The van der Waals surface area contributed by atoms with Gasteiger partial charge in [0.25, 0.3) is 0 Å². The second-order valence-corrected chi connectivity index (χ2v) is 3.22. The quantitative estimate of drug-likeness (QED) is 0.780. The number of aromatic nitrogens is 1. The first kappa shape index (κ1) is 11.0. The maximum Gasteiger partial charge on any atom is 0.340 e. The molecule has 0 aliphatic rings. The van der Waals surface area contributed by atoms with Gasteiger partial charge in [0.15, 0.2) is 5.75 Å². The molecule has 0 bridgehead atoms. The summed E-state index contributed by atoms with van der Waals surface area (Å²) in [7, 11) is 1.51. The zero-order chi connectivity index (χ0) is 10.6. The van der Waals surface area contributed by atoms with Crippen LogP contribution in [0.4, 0.5) is 0 Å². The number of hydrogen-bond donors (Lipinski definition) is 0. The van der Waals surface area contributed by atoms with Crippen LogP contribution in [0.3, 0.4) is 0 Å². The van der Waals surface area contributed by atoms with Crippen LogP contribution in [0.5, 0.6) is 5.75 Å². The number of pyridine rings is 1. The third-order valence-electron chi connectivity index (χ3n) is 1.56. The first-order valence-electron chi connectivity index (χ1n) is 4.05. The Morgan fingerprint density at radius 3 is 2.86 bits per heavy atom. The number of esters is 1. The summed E-state index contributed by atoms with van der Waals surface area (Å²) in [5.74, 6) is 0.0985. The van der Waals surface area contributed by atoms with Gasteiger partial charge in [0.1, 0.15) is 0 Å². The van der Waals surface area contributed by atoms with Crippen molar-refractivity contribution in [1.82, 2.24) is 4.98 Å². The molecule has 0 amide bonds. The summed E-state index contributed by atoms with van der Waals surface area (Å²) in [6.45, 7) is 2.09. The SMILES string of the molecule is CCOC(=O)c1cncc(OC)c1Br. The van der Waals surface area contributed by atoms with E-state index in [4.69, 9.17) is 9.47 Å². The van der Waals surface area contributed by atoms with Crippen molar-refractivity contribution in [2.75, 3.05) is 13.7 Å². The lowest BCUT2D eigenvalue weighted by Gasteiger charge is -2.06. The molecule has 0 saturated heterocycles. The van der Waals surface area contributed by atoms with Crippen LogP contribution in [-0.2, 0) is 4.74 Å². The first-order chi connectivity index (χ1) is 6.70. The Hall–Kier alpha value is -1.10. The normalized spacial score (nSPS) is 9.64. The fourth-order valence-electron chi connectivity index (χ4n) is 0.919. The van der Waals surface area contributed by atoms with Gasteiger partial charge < -0.3 is 9.47 Å². The Kier molecular flexibility index (Phi) is 3.88. The molecule has 0 unspecified atom stereocenters. The van der Waals surface area contributed by atoms with Crippen LogP contribution in [0.2, 0.25) is 0 Å². The summed E-state index contributed by atoms with van der Waals surface area (Å²) in [4.78, 5) is 15.2. The number of methoxy groups -OCH3 is 1. The second-order valence-electron chi connectivity index (χ2n) is 2.42. The lowest BCUT2D eigenvalue weighted by Crippen LogP contribution is -2.06. The molecule has 14 heavy (non-hydrogen) atoms. The highest BCUT2D eigenvalue weighted by Gasteiger charge is 2.14. The molecule has 0 aliphatic heterocycles. The average Bonchev–Trinajstić information content (AvgIpc) is 2.18. The number of nitrogens with zero attached hydrogens (tertiary/aromatic N) is 1. The van der Waals surface area contributed by atoms with Gasteiger partial charge in [-0.25, -0.2) is 4.79 Å². The fraction of sp³-hybridized carbons (Fsp3) is 0.333. The Morgan fingerprint density at radius 2 is 2.29 bits per heavy atom. The number of halogens is 1. The van der Waals surface area contributed by atoms with Crippen LogP contribution in [0.15, 0.2) is 16.9 Å². The van der Waals surface area contributed by atoms with Gasteiger partial charge in [-0.3, -0.25) is 4.98 Å². The van der Waals surface area contributed by atoms with Crippen molar-refractivity contribution in [2.45, 2.75) is 6.92 Å². The van der Waals surface area contributed by atoms with E-state index in [-0.39, 0.29) is 0 Å². The average molecular weight is 260 g/mol. The molecule has 1 aromatic heterocycles. The molecule has 76 valence electrons. The van der Waals surface area contributed by atoms with E-state index in [1.165, 1.54) is 19.5 Å². The molecular weight excluding hydrogens is 250 g/mol. The van der Waals surface area contributed by atoms with Crippen molar-refractivity contribution in [2.24, 2.45) is 0 Å². The molecule has 0 aliphatic carbocycles. The van der Waals surface area contributed by atoms with E-state index >= 15 is 0 Å². The summed E-state index contributed by atoms with van der Waals surface area (Å²) in [6.07, 6.45) is 2.96. The third-order valence-corrected chi connectivity index (χ3v) is 2.38. The van der Waals surface area contributed by atoms with Crippen molar-refractivity contribution in [3.8, 4) is 5.75 Å².